The third-order valence-electron chi connectivity index (χ3n) is 22.8. The molecular formula is C103H104BCl5F12LiN7O8S6. The molecule has 9 heterocycles. The fourth-order valence-electron chi connectivity index (χ4n) is 13.2. The average Bonchev–Trinajstić information content (AvgIpc) is 1.65. The van der Waals surface area contributed by atoms with Gasteiger partial charge in [0.2, 0.25) is 0 Å². The molecule has 0 bridgehead atoms. The van der Waals surface area contributed by atoms with Crippen molar-refractivity contribution >= 4 is 185 Å². The van der Waals surface area contributed by atoms with Gasteiger partial charge in [0.25, 0.3) is 0 Å². The number of hydrogen-bond acceptors (Lipinski definition) is 17. The van der Waals surface area contributed by atoms with Gasteiger partial charge in [0.05, 0.1) is 60.8 Å². The molecule has 15 nitrogen and oxygen atoms in total. The van der Waals surface area contributed by atoms with E-state index in [0.717, 1.165) is 119 Å². The number of pyridine rings is 4. The molecule has 1 saturated heterocycles. The summed E-state index contributed by atoms with van der Waals surface area (Å²) in [5.74, 6) is 0. The summed E-state index contributed by atoms with van der Waals surface area (Å²) in [6.07, 6.45) is -10.4. The van der Waals surface area contributed by atoms with Gasteiger partial charge in [0, 0.05) is 102 Å². The second kappa shape index (κ2) is 48.9. The van der Waals surface area contributed by atoms with Crippen LogP contribution < -0.4 is 34.8 Å². The molecule has 1 unspecified atom stereocenters. The third kappa shape index (κ3) is 29.3. The quantitative estimate of drug-likeness (QED) is 0.0164. The number of fused-ring (bicyclic) bond motifs is 4. The van der Waals surface area contributed by atoms with E-state index in [4.69, 9.17) is 61.4 Å². The van der Waals surface area contributed by atoms with Gasteiger partial charge in [-0.2, -0.15) is 63.5 Å². The van der Waals surface area contributed by atoms with Crippen molar-refractivity contribution in [2.45, 2.75) is 197 Å². The van der Waals surface area contributed by atoms with Gasteiger partial charge in [-0.25, -0.2) is 18.1 Å². The maximum Gasteiger partial charge on any atom is 1.00 e. The standard InChI is InChI=1S/C27H26ClF3N2O2S2.C23H18ClF3N2OS.C16H12F3NOS.C14H17BO2S.C11H14ClNOS.C8H7ClF3NO.C4H9.ClH.Li/c1-25(2,3)37(35)33-23(18-9-5-6-11-20(18)28)22-14-16-8-7-10-19(24(16)36-22)21-15-17(12-13-32-21)26(4,34)27(29,30)31;1-22(30,23(25,26)27)14-9-10-29-18(12-14)16-7-4-5-13-11-19(31-21(13)16)20(28)15-6-2-3-8-17(15)24;1-15(21,16(17,18)19)11-5-7-20-13(9-11)12-4-2-3-10-6-8-22-14(10)12;1-13(2)14(3,4)17-15(16-13)11-7-5-6-10-8-9-18-12(10)11;1-11(2,3)15(14)13-8-9-6-4-5-7-10(9)12;1-7(14,8(10,11)12)5-2-3-13-6(9)4-5;1-3-4-2;;/h5-15,23,33-34H,1-4H3;2-12,20,30H,28H2,1H3;2-9,21H,1H3;5-9H,1-4H3;4-8H,1-3H3;2-4,14H,1H3;1,3-4H2,2H3;1H;/q;;;;;;-1;;+1/t23-,26-,37+;20-,22-;15-;;;7-;;;/m111..1.../s1. The van der Waals surface area contributed by atoms with Crippen molar-refractivity contribution in [2.24, 2.45) is 10.1 Å². The maximum absolute atomic E-state index is 13.5. The summed E-state index contributed by atoms with van der Waals surface area (Å²) in [7, 11) is -2.91. The number of unbranched alkanes of at least 4 members (excludes halogenated alkanes) is 1. The molecule has 0 saturated carbocycles. The second-order valence-corrected chi connectivity index (χ2v) is 45.6. The molecule has 0 amide bonds. The van der Waals surface area contributed by atoms with E-state index in [0.29, 0.717) is 50.2 Å². The fourth-order valence-corrected chi connectivity index (χ4v) is 19.8. The van der Waals surface area contributed by atoms with Crippen LogP contribution in [0.5, 0.6) is 0 Å². The van der Waals surface area contributed by atoms with Gasteiger partial charge in [-0.15, -0.1) is 57.8 Å². The zero-order valence-electron chi connectivity index (χ0n) is 80.3. The van der Waals surface area contributed by atoms with E-state index in [-0.39, 0.29) is 81.7 Å². The number of alkyl halides is 12. The molecule has 7 aromatic carbocycles. The van der Waals surface area contributed by atoms with E-state index in [9.17, 15) is 81.5 Å². The average molecular weight is 2180 g/mol. The van der Waals surface area contributed by atoms with Crippen LogP contribution in [0.25, 0.3) is 74.1 Å². The SMILES string of the molecule is CC(C)(C)S(=O)N=Cc1ccccc1Cl.CC(C)(C)[S@](=O)N[C@@H](c1cc2cccc(-c3cc([C@@](C)(O)C(F)(F)F)ccn3)c2s1)c1ccccc1Cl.CC1(C)OB(c2cccc3ccsc23)OC1(C)C.C[C@@](O)(c1ccnc(-c2cccc3cc([C@H](N)c4ccccc4Cl)sc23)c1)C(F)(F)F.C[C@@](O)(c1ccnc(-c2cccc3ccsc23)c1)C(F)(F)F.C[C@@](O)(c1ccnc(Cl)c1)C(F)(F)F.Cl.[CH2-]CCC.[Li+]. The van der Waals surface area contributed by atoms with Crippen LogP contribution >= 0.6 is 104 Å². The van der Waals surface area contributed by atoms with Crippen molar-refractivity contribution < 1.29 is 110 Å². The molecule has 143 heavy (non-hydrogen) atoms. The summed E-state index contributed by atoms with van der Waals surface area (Å²) in [6.45, 7) is 28.2. The smallest absolute Gasteiger partial charge is 0.399 e. The molecule has 7 N–H and O–H groups in total. The first-order valence-electron chi connectivity index (χ1n) is 43.5. The Balaban J connectivity index is 0.000000214. The number of aromatic nitrogens is 4. The molecule has 1 aliphatic rings. The van der Waals surface area contributed by atoms with Gasteiger partial charge in [-0.05, 0) is 254 Å². The van der Waals surface area contributed by atoms with Crippen molar-refractivity contribution in [1.82, 2.24) is 24.7 Å². The molecule has 8 atom stereocenters. The number of nitrogens with zero attached hydrogens (tertiary/aromatic N) is 5. The van der Waals surface area contributed by atoms with E-state index in [1.807, 2.05) is 156 Å². The van der Waals surface area contributed by atoms with Crippen LogP contribution in [-0.4, -0.2) is 108 Å². The molecule has 0 aliphatic carbocycles. The summed E-state index contributed by atoms with van der Waals surface area (Å²) in [4.78, 5) is 18.0. The van der Waals surface area contributed by atoms with Crippen LogP contribution in [-0.2, 0) is 53.7 Å². The Bertz CT molecular complexity index is 6890. The van der Waals surface area contributed by atoms with Crippen LogP contribution in [0.3, 0.4) is 0 Å². The van der Waals surface area contributed by atoms with Crippen LogP contribution in [0.4, 0.5) is 52.7 Å². The zero-order valence-corrected chi connectivity index (χ0v) is 89.1. The predicted molar refractivity (Wildman–Crippen MR) is 561 cm³/mol. The molecule has 1 fully saturated rings. The van der Waals surface area contributed by atoms with Crippen LogP contribution in [0.2, 0.25) is 20.2 Å². The Labute approximate surface area is 882 Å². The normalized spacial score (nSPS) is 15.7. The number of benzene rings is 7. The summed E-state index contributed by atoms with van der Waals surface area (Å²) >= 11 is 30.3. The number of aliphatic hydroxyl groups is 4. The van der Waals surface area contributed by atoms with E-state index in [1.54, 1.807) is 53.9 Å². The zero-order chi connectivity index (χ0) is 104. The van der Waals surface area contributed by atoms with Crippen LogP contribution in [0, 0.1) is 6.92 Å². The minimum atomic E-state index is -4.84. The van der Waals surface area contributed by atoms with Gasteiger partial charge in [-0.1, -0.05) is 187 Å². The summed E-state index contributed by atoms with van der Waals surface area (Å²) in [6, 6.07) is 61.3. The minimum absolute atomic E-state index is 0. The van der Waals surface area contributed by atoms with Gasteiger partial charge >= 0.3 is 50.7 Å². The topological polar surface area (TPSA) is 235 Å². The molecular weight excluding hydrogens is 2080 g/mol. The first kappa shape index (κ1) is 120. The summed E-state index contributed by atoms with van der Waals surface area (Å²) in [5.41, 5.74) is -0.451. The molecule has 0 radical (unpaired) electrons. The minimum Gasteiger partial charge on any atom is -0.399 e. The van der Waals surface area contributed by atoms with E-state index >= 15 is 0 Å². The largest absolute Gasteiger partial charge is 1.00 e. The fraction of sp³-hybridized carbons (Fsp3) is 0.301. The van der Waals surface area contributed by atoms with Crippen molar-refractivity contribution in [3.05, 3.63) is 330 Å². The van der Waals surface area contributed by atoms with Crippen molar-refractivity contribution in [1.29, 1.82) is 0 Å². The Morgan fingerprint density at radius 1 is 0.462 bits per heavy atom. The maximum atomic E-state index is 13.5. The van der Waals surface area contributed by atoms with E-state index < -0.39 is 85.9 Å². The molecule has 15 aromatic rings. The predicted octanol–water partition coefficient (Wildman–Crippen LogP) is 26.7. The number of halogens is 17. The monoisotopic (exact) mass is 2180 g/mol. The molecule has 16 rings (SSSR count). The Kier molecular flexibility index (Phi) is 41.1. The first-order valence-corrected chi connectivity index (χ1v) is 50.7. The molecule has 0 spiro atoms. The number of nitrogens with two attached hydrogens (primary N) is 1. The number of hydrogen-bond donors (Lipinski definition) is 6. The van der Waals surface area contributed by atoms with Crippen LogP contribution in [0.1, 0.15) is 177 Å². The summed E-state index contributed by atoms with van der Waals surface area (Å²) in [5, 5.41) is 49.0. The first-order chi connectivity index (χ1) is 65.6. The Morgan fingerprint density at radius 3 is 1.22 bits per heavy atom. The van der Waals surface area contributed by atoms with Gasteiger partial charge in [-0.3, -0.25) is 15.0 Å². The molecule has 40 heteroatoms. The third-order valence-corrected chi connectivity index (χ3v) is 31.4. The Hall–Kier alpha value is -8.10. The van der Waals surface area contributed by atoms with Gasteiger partial charge in [0.1, 0.15) is 16.1 Å². The van der Waals surface area contributed by atoms with Gasteiger partial charge < -0.3 is 42.4 Å². The summed E-state index contributed by atoms with van der Waals surface area (Å²) < 4.78 is 203. The Morgan fingerprint density at radius 2 is 0.818 bits per heavy atom. The second-order valence-electron chi connectivity index (χ2n) is 36.0. The molecule has 758 valence electrons. The van der Waals surface area contributed by atoms with E-state index in [2.05, 4.69) is 100 Å². The van der Waals surface area contributed by atoms with E-state index in [1.165, 1.54) is 99.4 Å². The van der Waals surface area contributed by atoms with Gasteiger partial charge in [0.15, 0.2) is 22.4 Å². The molecule has 1 aliphatic heterocycles. The number of nitrogens with one attached hydrogen (secondary N) is 1. The van der Waals surface area contributed by atoms with Crippen molar-refractivity contribution in [3.8, 4) is 33.8 Å². The van der Waals surface area contributed by atoms with Crippen molar-refractivity contribution in [3.63, 3.8) is 0 Å². The van der Waals surface area contributed by atoms with Crippen LogP contribution in [0.15, 0.2) is 258 Å². The molecule has 8 aromatic heterocycles. The van der Waals surface area contributed by atoms with Crippen molar-refractivity contribution in [2.75, 3.05) is 0 Å². The number of thiophene rings is 4. The number of rotatable bonds is 17.